The van der Waals surface area contributed by atoms with Crippen LogP contribution in [-0.2, 0) is 4.79 Å². The highest BCUT2D eigenvalue weighted by Gasteiger charge is 2.39. The molecule has 4 heteroatoms. The van der Waals surface area contributed by atoms with Crippen LogP contribution in [0.4, 0.5) is 0 Å². The van der Waals surface area contributed by atoms with E-state index in [1.54, 1.807) is 0 Å². The van der Waals surface area contributed by atoms with Gasteiger partial charge in [0.25, 0.3) is 0 Å². The van der Waals surface area contributed by atoms with Gasteiger partial charge < -0.3 is 4.90 Å². The number of carbonyl (C=O) groups excluding carboxylic acids is 1. The van der Waals surface area contributed by atoms with Crippen LogP contribution in [0, 0.1) is 5.92 Å². The number of hydrogen-bond donors (Lipinski definition) is 1. The van der Waals surface area contributed by atoms with Gasteiger partial charge in [-0.2, -0.15) is 0 Å². The third-order valence-corrected chi connectivity index (χ3v) is 4.47. The van der Waals surface area contributed by atoms with Gasteiger partial charge in [-0.15, -0.1) is 0 Å². The van der Waals surface area contributed by atoms with Gasteiger partial charge >= 0.3 is 0 Å². The van der Waals surface area contributed by atoms with Crippen LogP contribution in [0.5, 0.6) is 0 Å². The quantitative estimate of drug-likeness (QED) is 0.862. The molecule has 0 saturated carbocycles. The average Bonchev–Trinajstić information content (AvgIpc) is 2.78. The van der Waals surface area contributed by atoms with E-state index >= 15 is 0 Å². The van der Waals surface area contributed by atoms with Gasteiger partial charge in [0.2, 0.25) is 5.91 Å². The lowest BCUT2D eigenvalue weighted by Crippen LogP contribution is -2.34. The topological polar surface area (TPSA) is 32.3 Å². The van der Waals surface area contributed by atoms with Crippen molar-refractivity contribution in [2.75, 3.05) is 6.54 Å². The van der Waals surface area contributed by atoms with Gasteiger partial charge in [-0.1, -0.05) is 57.3 Å². The van der Waals surface area contributed by atoms with Crippen molar-refractivity contribution in [2.45, 2.75) is 52.2 Å². The molecule has 0 aromatic heterocycles. The molecule has 3 unspecified atom stereocenters. The molecule has 1 aliphatic heterocycles. The summed E-state index contributed by atoms with van der Waals surface area (Å²) < 4.78 is 0. The average molecular weight is 309 g/mol. The molecule has 1 N–H and O–H groups in total. The third-order valence-electron chi connectivity index (χ3n) is 4.22. The fraction of sp³-hybridized carbons (Fsp3) is 0.588. The van der Waals surface area contributed by atoms with E-state index in [-0.39, 0.29) is 18.1 Å². The molecule has 2 rings (SSSR count). The van der Waals surface area contributed by atoms with Gasteiger partial charge in [-0.25, -0.2) is 0 Å². The normalized spacial score (nSPS) is 23.6. The number of carbonyl (C=O) groups is 1. The van der Waals surface area contributed by atoms with Crippen molar-refractivity contribution < 1.29 is 4.79 Å². The number of hydrogen-bond acceptors (Lipinski definition) is 2. The van der Waals surface area contributed by atoms with Gasteiger partial charge in [-0.05, 0) is 30.0 Å². The van der Waals surface area contributed by atoms with Gasteiger partial charge in [0, 0.05) is 11.6 Å². The summed E-state index contributed by atoms with van der Waals surface area (Å²) in [5.74, 6) is 0.739. The number of benzene rings is 1. The number of halogens is 1. The highest BCUT2D eigenvalue weighted by Crippen LogP contribution is 2.29. The molecule has 1 amide bonds. The van der Waals surface area contributed by atoms with E-state index in [0.717, 1.165) is 36.4 Å². The maximum Gasteiger partial charge on any atom is 0.241 e. The molecule has 3 nitrogen and oxygen atoms in total. The van der Waals surface area contributed by atoms with Crippen LogP contribution in [-0.4, -0.2) is 23.4 Å². The zero-order valence-electron chi connectivity index (χ0n) is 13.1. The third kappa shape index (κ3) is 3.78. The Bertz CT molecular complexity index is 474. The maximum atomic E-state index is 12.6. The van der Waals surface area contributed by atoms with Gasteiger partial charge in [-0.3, -0.25) is 10.1 Å². The van der Waals surface area contributed by atoms with E-state index in [0.29, 0.717) is 5.92 Å². The van der Waals surface area contributed by atoms with Crippen LogP contribution in [0.25, 0.3) is 0 Å². The Balaban J connectivity index is 2.22. The molecule has 1 fully saturated rings. The molecule has 3 atom stereocenters. The van der Waals surface area contributed by atoms with Crippen LogP contribution in [0.15, 0.2) is 24.3 Å². The second-order valence-electron chi connectivity index (χ2n) is 5.97. The summed E-state index contributed by atoms with van der Waals surface area (Å²) in [7, 11) is 0. The van der Waals surface area contributed by atoms with Gasteiger partial charge in [0.1, 0.15) is 6.17 Å². The summed E-state index contributed by atoms with van der Waals surface area (Å²) in [5, 5.41) is 4.21. The zero-order valence-corrected chi connectivity index (χ0v) is 13.9. The fourth-order valence-corrected chi connectivity index (χ4v) is 2.88. The van der Waals surface area contributed by atoms with Crippen molar-refractivity contribution in [3.05, 3.63) is 34.9 Å². The van der Waals surface area contributed by atoms with Crippen molar-refractivity contribution in [3.8, 4) is 0 Å². The standard InChI is InChI=1S/C17H25ClN2O/c1-4-6-15-17(21)20(11-12(3)5-2)16(19-15)13-7-9-14(18)10-8-13/h7-10,12,15-16,19H,4-6,11H2,1-3H3. The molecule has 0 radical (unpaired) electrons. The van der Waals surface area contributed by atoms with Crippen LogP contribution >= 0.6 is 11.6 Å². The molecular formula is C17H25ClN2O. The Kier molecular flexibility index (Phi) is 5.65. The summed E-state index contributed by atoms with van der Waals surface area (Å²) in [5.41, 5.74) is 1.11. The highest BCUT2D eigenvalue weighted by molar-refractivity contribution is 6.30. The maximum absolute atomic E-state index is 12.6. The van der Waals surface area contributed by atoms with E-state index in [9.17, 15) is 4.79 Å². The molecule has 0 spiro atoms. The number of nitrogens with one attached hydrogen (secondary N) is 1. The molecule has 1 saturated heterocycles. The Hall–Kier alpha value is -1.06. The Morgan fingerprint density at radius 1 is 1.29 bits per heavy atom. The first-order chi connectivity index (χ1) is 10.1. The SMILES string of the molecule is CCCC1NC(c2ccc(Cl)cc2)N(CC(C)CC)C1=O. The van der Waals surface area contributed by atoms with Crippen molar-refractivity contribution in [1.82, 2.24) is 10.2 Å². The van der Waals surface area contributed by atoms with Crippen LogP contribution in [0.1, 0.15) is 51.8 Å². The Morgan fingerprint density at radius 2 is 1.95 bits per heavy atom. The Labute approximate surface area is 132 Å². The molecular weight excluding hydrogens is 284 g/mol. The predicted molar refractivity (Wildman–Crippen MR) is 87.2 cm³/mol. The van der Waals surface area contributed by atoms with Crippen LogP contribution in [0.2, 0.25) is 5.02 Å². The summed E-state index contributed by atoms with van der Waals surface area (Å²) in [6.07, 6.45) is 2.95. The first kappa shape index (κ1) is 16.3. The fourth-order valence-electron chi connectivity index (χ4n) is 2.76. The molecule has 21 heavy (non-hydrogen) atoms. The van der Waals surface area contributed by atoms with Crippen molar-refractivity contribution in [2.24, 2.45) is 5.92 Å². The number of amides is 1. The molecule has 0 aliphatic carbocycles. The first-order valence-corrected chi connectivity index (χ1v) is 8.26. The van der Waals surface area contributed by atoms with Crippen molar-refractivity contribution >= 4 is 17.5 Å². The molecule has 1 aliphatic rings. The summed E-state index contributed by atoms with van der Waals surface area (Å²) in [6, 6.07) is 7.73. The van der Waals surface area contributed by atoms with E-state index < -0.39 is 0 Å². The lowest BCUT2D eigenvalue weighted by atomic mass is 10.1. The largest absolute Gasteiger partial charge is 0.321 e. The molecule has 0 bridgehead atoms. The van der Waals surface area contributed by atoms with E-state index in [1.807, 2.05) is 29.2 Å². The minimum atomic E-state index is -0.0558. The molecule has 116 valence electrons. The smallest absolute Gasteiger partial charge is 0.241 e. The predicted octanol–water partition coefficient (Wildman–Crippen LogP) is 3.99. The first-order valence-electron chi connectivity index (χ1n) is 7.88. The minimum absolute atomic E-state index is 0.0275. The molecule has 1 aromatic rings. The monoisotopic (exact) mass is 308 g/mol. The summed E-state index contributed by atoms with van der Waals surface area (Å²) in [6.45, 7) is 7.28. The Morgan fingerprint density at radius 3 is 2.52 bits per heavy atom. The number of nitrogens with zero attached hydrogens (tertiary/aromatic N) is 1. The molecule has 1 heterocycles. The van der Waals surface area contributed by atoms with Gasteiger partial charge in [0.05, 0.1) is 6.04 Å². The summed E-state index contributed by atoms with van der Waals surface area (Å²) >= 11 is 5.97. The number of rotatable bonds is 6. The summed E-state index contributed by atoms with van der Waals surface area (Å²) in [4.78, 5) is 14.6. The highest BCUT2D eigenvalue weighted by atomic mass is 35.5. The second-order valence-corrected chi connectivity index (χ2v) is 6.40. The van der Waals surface area contributed by atoms with E-state index in [2.05, 4.69) is 26.1 Å². The minimum Gasteiger partial charge on any atom is -0.321 e. The van der Waals surface area contributed by atoms with Crippen LogP contribution < -0.4 is 5.32 Å². The van der Waals surface area contributed by atoms with Gasteiger partial charge in [0.15, 0.2) is 0 Å². The zero-order chi connectivity index (χ0) is 15.4. The van der Waals surface area contributed by atoms with E-state index in [4.69, 9.17) is 11.6 Å². The van der Waals surface area contributed by atoms with Crippen molar-refractivity contribution in [1.29, 1.82) is 0 Å². The lowest BCUT2D eigenvalue weighted by Gasteiger charge is -2.27. The van der Waals surface area contributed by atoms with E-state index in [1.165, 1.54) is 0 Å². The van der Waals surface area contributed by atoms with Crippen LogP contribution in [0.3, 0.4) is 0 Å². The molecule has 1 aromatic carbocycles. The van der Waals surface area contributed by atoms with Crippen molar-refractivity contribution in [3.63, 3.8) is 0 Å². The second kappa shape index (κ2) is 7.28. The lowest BCUT2D eigenvalue weighted by molar-refractivity contribution is -0.130.